The minimum absolute atomic E-state index is 0.0599. The van der Waals surface area contributed by atoms with Crippen molar-refractivity contribution in [1.82, 2.24) is 4.90 Å². The number of likely N-dealkylation sites (tertiary alicyclic amines) is 1. The highest BCUT2D eigenvalue weighted by Gasteiger charge is 2.45. The third-order valence-electron chi connectivity index (χ3n) is 6.47. The fourth-order valence-corrected chi connectivity index (χ4v) is 4.68. The van der Waals surface area contributed by atoms with E-state index in [1.807, 2.05) is 23.1 Å². The summed E-state index contributed by atoms with van der Waals surface area (Å²) in [6, 6.07) is 5.76. The number of benzene rings is 1. The van der Waals surface area contributed by atoms with E-state index in [0.717, 1.165) is 37.0 Å². The van der Waals surface area contributed by atoms with Gasteiger partial charge >= 0.3 is 0 Å². The largest absolute Gasteiger partial charge is 0.493 e. The molecule has 3 aliphatic rings. The maximum absolute atomic E-state index is 13.2. The van der Waals surface area contributed by atoms with Gasteiger partial charge in [0.2, 0.25) is 5.60 Å². The van der Waals surface area contributed by atoms with Crippen LogP contribution in [0.1, 0.15) is 57.4 Å². The van der Waals surface area contributed by atoms with Crippen molar-refractivity contribution < 1.29 is 24.2 Å². The molecule has 0 spiro atoms. The lowest BCUT2D eigenvalue weighted by molar-refractivity contribution is -0.155. The zero-order chi connectivity index (χ0) is 21.1. The van der Waals surface area contributed by atoms with E-state index < -0.39 is 5.60 Å². The summed E-state index contributed by atoms with van der Waals surface area (Å²) in [6.07, 6.45) is 7.00. The Hall–Kier alpha value is -2.28. The van der Waals surface area contributed by atoms with Crippen molar-refractivity contribution in [3.8, 4) is 11.5 Å². The topological polar surface area (TPSA) is 80.6 Å². The van der Waals surface area contributed by atoms with Gasteiger partial charge in [-0.05, 0) is 69.6 Å². The van der Waals surface area contributed by atoms with Crippen molar-refractivity contribution in [3.63, 3.8) is 0 Å². The fraction of sp³-hybridized carbons (Fsp3) is 0.652. The molecular weight excluding hydrogens is 384 g/mol. The molecule has 1 aromatic carbocycles. The summed E-state index contributed by atoms with van der Waals surface area (Å²) in [6.45, 7) is 3.18. The van der Waals surface area contributed by atoms with E-state index in [-0.39, 0.29) is 24.5 Å². The highest BCUT2D eigenvalue weighted by atomic mass is 16.7. The molecule has 2 atom stereocenters. The Morgan fingerprint density at radius 1 is 1.27 bits per heavy atom. The van der Waals surface area contributed by atoms with E-state index in [1.54, 1.807) is 14.0 Å². The van der Waals surface area contributed by atoms with Gasteiger partial charge in [-0.25, -0.2) is 0 Å². The van der Waals surface area contributed by atoms with Crippen LogP contribution >= 0.6 is 0 Å². The molecule has 0 aromatic heterocycles. The molecule has 2 aliphatic heterocycles. The predicted octanol–water partition coefficient (Wildman–Crippen LogP) is 3.13. The Bertz CT molecular complexity index is 805. The quantitative estimate of drug-likeness (QED) is 0.771. The smallest absolute Gasteiger partial charge is 0.269 e. The lowest BCUT2D eigenvalue weighted by Gasteiger charge is -2.35. The first kappa shape index (κ1) is 21.0. The van der Waals surface area contributed by atoms with E-state index in [2.05, 4.69) is 5.16 Å². The van der Waals surface area contributed by atoms with Gasteiger partial charge < -0.3 is 24.3 Å². The summed E-state index contributed by atoms with van der Waals surface area (Å²) < 4.78 is 11.7. The number of carbonyl (C=O) groups excluding carboxylic acids is 1. The monoisotopic (exact) mass is 416 g/mol. The molecule has 1 amide bonds. The van der Waals surface area contributed by atoms with Crippen molar-refractivity contribution in [2.45, 2.75) is 63.6 Å². The number of methoxy groups -OCH3 is 1. The van der Waals surface area contributed by atoms with E-state index in [9.17, 15) is 9.90 Å². The van der Waals surface area contributed by atoms with Gasteiger partial charge in [0, 0.05) is 31.7 Å². The van der Waals surface area contributed by atoms with Gasteiger partial charge in [0.15, 0.2) is 11.5 Å². The molecule has 7 nitrogen and oxygen atoms in total. The number of nitrogens with zero attached hydrogens (tertiary/aromatic N) is 2. The molecule has 1 saturated carbocycles. The maximum atomic E-state index is 13.2. The number of aliphatic hydroxyl groups is 1. The summed E-state index contributed by atoms with van der Waals surface area (Å²) in [5.74, 6) is 1.50. The van der Waals surface area contributed by atoms with Gasteiger partial charge in [-0.1, -0.05) is 5.16 Å². The van der Waals surface area contributed by atoms with Gasteiger partial charge in [0.25, 0.3) is 5.91 Å². The van der Waals surface area contributed by atoms with E-state index in [4.69, 9.17) is 14.3 Å². The molecule has 2 heterocycles. The number of piperidine rings is 1. The third-order valence-corrected chi connectivity index (χ3v) is 6.47. The zero-order valence-corrected chi connectivity index (χ0v) is 17.9. The number of aliphatic hydroxyl groups excluding tert-OH is 1. The van der Waals surface area contributed by atoms with E-state index in [0.29, 0.717) is 31.0 Å². The van der Waals surface area contributed by atoms with Crippen LogP contribution in [0.15, 0.2) is 23.4 Å². The Balaban J connectivity index is 1.47. The Morgan fingerprint density at radius 3 is 2.80 bits per heavy atom. The van der Waals surface area contributed by atoms with Crippen molar-refractivity contribution in [2.75, 3.05) is 26.8 Å². The second kappa shape index (κ2) is 8.84. The average Bonchev–Trinajstić information content (AvgIpc) is 3.43. The van der Waals surface area contributed by atoms with Gasteiger partial charge in [-0.2, -0.15) is 0 Å². The first-order valence-corrected chi connectivity index (χ1v) is 11.0. The number of amides is 1. The van der Waals surface area contributed by atoms with E-state index >= 15 is 0 Å². The molecule has 1 aliphatic carbocycles. The first-order chi connectivity index (χ1) is 14.5. The van der Waals surface area contributed by atoms with Gasteiger partial charge in [-0.15, -0.1) is 0 Å². The third kappa shape index (κ3) is 4.26. The Kier molecular flexibility index (Phi) is 6.18. The molecule has 1 aromatic rings. The van der Waals surface area contributed by atoms with Crippen LogP contribution in [-0.2, 0) is 9.63 Å². The average molecular weight is 417 g/mol. The fourth-order valence-electron chi connectivity index (χ4n) is 4.68. The van der Waals surface area contributed by atoms with Crippen molar-refractivity contribution in [2.24, 2.45) is 11.1 Å². The molecule has 1 saturated heterocycles. The minimum Gasteiger partial charge on any atom is -0.493 e. The van der Waals surface area contributed by atoms with Crippen molar-refractivity contribution in [1.29, 1.82) is 0 Å². The molecule has 30 heavy (non-hydrogen) atoms. The van der Waals surface area contributed by atoms with Crippen molar-refractivity contribution in [3.05, 3.63) is 23.8 Å². The molecule has 2 fully saturated rings. The lowest BCUT2D eigenvalue weighted by Crippen LogP contribution is -2.51. The Morgan fingerprint density at radius 2 is 2.07 bits per heavy atom. The standard InChI is InChI=1S/C23H32N2O5/c1-23(22(27)25-11-5-6-16(14-25)15-26)13-19(24-30-23)17-9-10-20(28-2)21(12-17)29-18-7-3-4-8-18/h9-10,12,16,18,26H,3-8,11,13-15H2,1-2H3. The zero-order valence-electron chi connectivity index (χ0n) is 17.9. The summed E-state index contributed by atoms with van der Waals surface area (Å²) in [5.41, 5.74) is 0.603. The predicted molar refractivity (Wildman–Crippen MR) is 113 cm³/mol. The van der Waals surface area contributed by atoms with Crippen LogP contribution in [0.4, 0.5) is 0 Å². The second-order valence-electron chi connectivity index (χ2n) is 8.87. The normalized spacial score (nSPS) is 27.0. The molecule has 7 heteroatoms. The molecule has 2 unspecified atom stereocenters. The van der Waals surface area contributed by atoms with Crippen LogP contribution < -0.4 is 9.47 Å². The highest BCUT2D eigenvalue weighted by Crippen LogP contribution is 2.35. The van der Waals surface area contributed by atoms with Crippen LogP contribution in [-0.4, -0.2) is 60.1 Å². The minimum atomic E-state index is -1.01. The lowest BCUT2D eigenvalue weighted by atomic mass is 9.92. The van der Waals surface area contributed by atoms with Crippen LogP contribution in [0.3, 0.4) is 0 Å². The number of ether oxygens (including phenoxy) is 2. The summed E-state index contributed by atoms with van der Waals surface area (Å²) in [4.78, 5) is 20.7. The van der Waals surface area contributed by atoms with Gasteiger partial charge in [0.1, 0.15) is 0 Å². The number of rotatable bonds is 6. The number of hydrogen-bond acceptors (Lipinski definition) is 6. The van der Waals surface area contributed by atoms with Gasteiger partial charge in [0.05, 0.1) is 18.9 Å². The molecule has 0 radical (unpaired) electrons. The molecule has 164 valence electrons. The molecule has 1 N–H and O–H groups in total. The summed E-state index contributed by atoms with van der Waals surface area (Å²) >= 11 is 0. The second-order valence-corrected chi connectivity index (χ2v) is 8.87. The van der Waals surface area contributed by atoms with Crippen molar-refractivity contribution >= 4 is 11.6 Å². The summed E-state index contributed by atoms with van der Waals surface area (Å²) in [5, 5.41) is 13.7. The van der Waals surface area contributed by atoms with Crippen LogP contribution in [0, 0.1) is 5.92 Å². The number of carbonyl (C=O) groups is 1. The number of hydrogen-bond donors (Lipinski definition) is 1. The maximum Gasteiger partial charge on any atom is 0.269 e. The SMILES string of the molecule is COc1ccc(C2=NOC(C)(C(=O)N3CCCC(CO)C3)C2)cc1OC1CCCC1. The number of oxime groups is 1. The summed E-state index contributed by atoms with van der Waals surface area (Å²) in [7, 11) is 1.64. The Labute approximate surface area is 178 Å². The van der Waals surface area contributed by atoms with Gasteiger partial charge in [-0.3, -0.25) is 4.79 Å². The molecule has 0 bridgehead atoms. The van der Waals surface area contributed by atoms with Crippen LogP contribution in [0.25, 0.3) is 0 Å². The first-order valence-electron chi connectivity index (χ1n) is 11.0. The van der Waals surface area contributed by atoms with E-state index in [1.165, 1.54) is 12.8 Å². The molecular formula is C23H32N2O5. The highest BCUT2D eigenvalue weighted by molar-refractivity contribution is 6.05. The van der Waals surface area contributed by atoms with Crippen LogP contribution in [0.2, 0.25) is 0 Å². The molecule has 4 rings (SSSR count). The van der Waals surface area contributed by atoms with Crippen LogP contribution in [0.5, 0.6) is 11.5 Å².